The summed E-state index contributed by atoms with van der Waals surface area (Å²) >= 11 is 0.664. The van der Waals surface area contributed by atoms with Crippen LogP contribution in [0.3, 0.4) is 0 Å². The number of nitrogens with zero attached hydrogens (tertiary/aromatic N) is 2. The van der Waals surface area contributed by atoms with Crippen LogP contribution in [0.1, 0.15) is 9.80 Å². The molecule has 0 aromatic carbocycles. The van der Waals surface area contributed by atoms with Gasteiger partial charge in [0.2, 0.25) is 0 Å². The van der Waals surface area contributed by atoms with Gasteiger partial charge in [0.1, 0.15) is 6.20 Å². The normalized spacial score (nSPS) is 9.45. The number of nitro groups is 1. The number of hydrogen-bond donors (Lipinski definition) is 1. The van der Waals surface area contributed by atoms with Crippen molar-refractivity contribution in [3.8, 4) is 0 Å². The van der Waals surface area contributed by atoms with E-state index < -0.39 is 10.8 Å². The van der Waals surface area contributed by atoms with Crippen molar-refractivity contribution in [2.24, 2.45) is 5.73 Å². The van der Waals surface area contributed by atoms with Gasteiger partial charge >= 0.3 is 5.00 Å². The van der Waals surface area contributed by atoms with E-state index in [0.717, 1.165) is 6.20 Å². The van der Waals surface area contributed by atoms with Crippen molar-refractivity contribution in [2.45, 2.75) is 0 Å². The van der Waals surface area contributed by atoms with E-state index in [2.05, 4.69) is 4.98 Å². The van der Waals surface area contributed by atoms with Gasteiger partial charge in [-0.05, 0) is 11.3 Å². The van der Waals surface area contributed by atoms with E-state index in [1.165, 1.54) is 0 Å². The number of aromatic nitrogens is 1. The Labute approximate surface area is 64.8 Å². The molecular weight excluding hydrogens is 170 g/mol. The zero-order valence-electron chi connectivity index (χ0n) is 5.18. The molecule has 0 atom stereocenters. The van der Waals surface area contributed by atoms with E-state index >= 15 is 0 Å². The zero-order chi connectivity index (χ0) is 8.43. The largest absolute Gasteiger partial charge is 0.364 e. The zero-order valence-corrected chi connectivity index (χ0v) is 6.00. The van der Waals surface area contributed by atoms with Crippen LogP contribution in [0.25, 0.3) is 0 Å². The third-order valence-electron chi connectivity index (χ3n) is 0.884. The van der Waals surface area contributed by atoms with Gasteiger partial charge in [-0.15, -0.1) is 0 Å². The molecule has 0 aliphatic carbocycles. The lowest BCUT2D eigenvalue weighted by atomic mass is 10.7. The minimum Gasteiger partial charge on any atom is -0.364 e. The summed E-state index contributed by atoms with van der Waals surface area (Å²) in [4.78, 5) is 23.3. The molecular formula is C4H3N3O3S. The van der Waals surface area contributed by atoms with Crippen LogP contribution in [0.15, 0.2) is 6.20 Å². The van der Waals surface area contributed by atoms with Crippen LogP contribution in [-0.2, 0) is 0 Å². The van der Waals surface area contributed by atoms with Crippen molar-refractivity contribution in [3.05, 3.63) is 21.3 Å². The summed E-state index contributed by atoms with van der Waals surface area (Å²) < 4.78 is 0. The van der Waals surface area contributed by atoms with Gasteiger partial charge in [-0.25, -0.2) is 4.98 Å². The molecule has 0 aliphatic heterocycles. The van der Waals surface area contributed by atoms with E-state index in [-0.39, 0.29) is 10.0 Å². The number of hydrogen-bond acceptors (Lipinski definition) is 5. The van der Waals surface area contributed by atoms with Crippen molar-refractivity contribution in [3.63, 3.8) is 0 Å². The van der Waals surface area contributed by atoms with Gasteiger partial charge in [0.05, 0.1) is 4.92 Å². The molecule has 0 bridgehead atoms. The van der Waals surface area contributed by atoms with Crippen LogP contribution in [0.5, 0.6) is 0 Å². The highest BCUT2D eigenvalue weighted by Gasteiger charge is 2.13. The maximum Gasteiger partial charge on any atom is 0.344 e. The molecule has 1 aromatic heterocycles. The highest BCUT2D eigenvalue weighted by atomic mass is 32.1. The predicted octanol–water partition coefficient (Wildman–Crippen LogP) is 0.150. The fraction of sp³-hybridized carbons (Fsp3) is 0. The number of carbonyl (C=O) groups is 1. The molecule has 58 valence electrons. The number of thiazole rings is 1. The van der Waals surface area contributed by atoms with Crippen LogP contribution in [0.4, 0.5) is 5.00 Å². The Hall–Kier alpha value is -1.50. The van der Waals surface area contributed by atoms with Crippen molar-refractivity contribution in [1.82, 2.24) is 4.98 Å². The Morgan fingerprint density at radius 3 is 2.73 bits per heavy atom. The number of amides is 1. The second-order valence-electron chi connectivity index (χ2n) is 1.63. The maximum absolute atomic E-state index is 10.4. The van der Waals surface area contributed by atoms with Gasteiger partial charge in [0, 0.05) is 0 Å². The topological polar surface area (TPSA) is 99.1 Å². The average Bonchev–Trinajstić information content (AvgIpc) is 2.33. The Morgan fingerprint density at radius 1 is 1.82 bits per heavy atom. The van der Waals surface area contributed by atoms with Crippen LogP contribution < -0.4 is 5.73 Å². The highest BCUT2D eigenvalue weighted by molar-refractivity contribution is 7.16. The molecule has 2 N–H and O–H groups in total. The van der Waals surface area contributed by atoms with Crippen LogP contribution >= 0.6 is 11.3 Å². The van der Waals surface area contributed by atoms with Crippen LogP contribution in [0.2, 0.25) is 0 Å². The molecule has 1 rings (SSSR count). The van der Waals surface area contributed by atoms with Gasteiger partial charge < -0.3 is 5.73 Å². The highest BCUT2D eigenvalue weighted by Crippen LogP contribution is 2.19. The summed E-state index contributed by atoms with van der Waals surface area (Å²) in [5, 5.41) is 9.83. The minimum absolute atomic E-state index is 0.0447. The third kappa shape index (κ3) is 1.49. The fourth-order valence-corrected chi connectivity index (χ4v) is 1.05. The van der Waals surface area contributed by atoms with Crippen LogP contribution in [-0.4, -0.2) is 15.8 Å². The molecule has 1 amide bonds. The first kappa shape index (κ1) is 7.61. The standard InChI is InChI=1S/C4H3N3O3S/c5-3(8)4-6-1-2(11-4)7(9)10/h1H,(H2,5,8). The summed E-state index contributed by atoms with van der Waals surface area (Å²) in [6.45, 7) is 0. The molecule has 0 radical (unpaired) electrons. The molecule has 11 heavy (non-hydrogen) atoms. The van der Waals surface area contributed by atoms with Crippen LogP contribution in [0, 0.1) is 10.1 Å². The van der Waals surface area contributed by atoms with E-state index in [4.69, 9.17) is 5.73 Å². The number of rotatable bonds is 2. The first-order valence-electron chi connectivity index (χ1n) is 2.51. The summed E-state index contributed by atoms with van der Waals surface area (Å²) in [5.74, 6) is -0.747. The smallest absolute Gasteiger partial charge is 0.344 e. The predicted molar refractivity (Wildman–Crippen MR) is 37.3 cm³/mol. The number of primary amides is 1. The van der Waals surface area contributed by atoms with Gasteiger partial charge in [-0.3, -0.25) is 14.9 Å². The Kier molecular flexibility index (Phi) is 1.81. The first-order chi connectivity index (χ1) is 5.11. The van der Waals surface area contributed by atoms with E-state index in [1.807, 2.05) is 0 Å². The quantitative estimate of drug-likeness (QED) is 0.508. The molecule has 0 fully saturated rings. The molecule has 1 aromatic rings. The van der Waals surface area contributed by atoms with E-state index in [9.17, 15) is 14.9 Å². The fourth-order valence-electron chi connectivity index (χ4n) is 0.464. The first-order valence-corrected chi connectivity index (χ1v) is 3.33. The summed E-state index contributed by atoms with van der Waals surface area (Å²) in [5.41, 5.74) is 4.81. The van der Waals surface area contributed by atoms with Crippen molar-refractivity contribution in [2.75, 3.05) is 0 Å². The molecule has 6 nitrogen and oxygen atoms in total. The van der Waals surface area contributed by atoms with Crippen molar-refractivity contribution in [1.29, 1.82) is 0 Å². The maximum atomic E-state index is 10.4. The Bertz CT molecular complexity index is 279. The average molecular weight is 173 g/mol. The van der Waals surface area contributed by atoms with Crippen molar-refractivity contribution < 1.29 is 9.72 Å². The van der Waals surface area contributed by atoms with Gasteiger partial charge in [0.15, 0.2) is 5.01 Å². The minimum atomic E-state index is -0.747. The summed E-state index contributed by atoms with van der Waals surface area (Å²) in [6.07, 6.45) is 1.00. The Balaban J connectivity index is 2.99. The molecule has 0 saturated carbocycles. The Morgan fingerprint density at radius 2 is 2.45 bits per heavy atom. The lowest BCUT2D eigenvalue weighted by molar-refractivity contribution is -0.380. The summed E-state index contributed by atoms with van der Waals surface area (Å²) in [6, 6.07) is 0. The van der Waals surface area contributed by atoms with E-state index in [0.29, 0.717) is 11.3 Å². The van der Waals surface area contributed by atoms with Gasteiger partial charge in [-0.1, -0.05) is 0 Å². The second-order valence-corrected chi connectivity index (χ2v) is 2.63. The molecule has 1 heterocycles. The lowest BCUT2D eigenvalue weighted by Gasteiger charge is -1.80. The van der Waals surface area contributed by atoms with Gasteiger partial charge in [-0.2, -0.15) is 0 Å². The lowest BCUT2D eigenvalue weighted by Crippen LogP contribution is -2.09. The van der Waals surface area contributed by atoms with E-state index in [1.54, 1.807) is 0 Å². The van der Waals surface area contributed by atoms with Crippen molar-refractivity contribution >= 4 is 22.2 Å². The molecule has 7 heteroatoms. The number of nitrogens with two attached hydrogens (primary N) is 1. The molecule has 0 spiro atoms. The number of carbonyl (C=O) groups excluding carboxylic acids is 1. The third-order valence-corrected chi connectivity index (χ3v) is 1.85. The second kappa shape index (κ2) is 2.62. The molecule has 0 unspecified atom stereocenters. The molecule has 0 aliphatic rings. The SMILES string of the molecule is NC(=O)c1ncc([N+](=O)[O-])s1. The monoisotopic (exact) mass is 173 g/mol. The van der Waals surface area contributed by atoms with Gasteiger partial charge in [0.25, 0.3) is 5.91 Å². The molecule has 0 saturated heterocycles. The summed E-state index contributed by atoms with van der Waals surface area (Å²) in [7, 11) is 0.